The van der Waals surface area contributed by atoms with Gasteiger partial charge >= 0.3 is 0 Å². The number of carbonyl (C=O) groups excluding carboxylic acids is 2. The van der Waals surface area contributed by atoms with Crippen LogP contribution in [0.15, 0.2) is 47.5 Å². The average molecular weight is 473 g/mol. The van der Waals surface area contributed by atoms with Gasteiger partial charge in [0.2, 0.25) is 11.8 Å². The number of nitrogens with zero attached hydrogens (tertiary/aromatic N) is 1. The third-order valence-corrected chi connectivity index (χ3v) is 5.38. The highest BCUT2D eigenvalue weighted by molar-refractivity contribution is 5.98. The van der Waals surface area contributed by atoms with Gasteiger partial charge in [-0.2, -0.15) is 0 Å². The number of benzene rings is 2. The van der Waals surface area contributed by atoms with Gasteiger partial charge < -0.3 is 20.5 Å². The van der Waals surface area contributed by atoms with E-state index in [4.69, 9.17) is 15.2 Å². The summed E-state index contributed by atoms with van der Waals surface area (Å²) in [6, 6.07) is 10.3. The smallest absolute Gasteiger partial charge is 0.245 e. The molecule has 0 aliphatic carbocycles. The molecule has 0 aliphatic rings. The Morgan fingerprint density at radius 2 is 1.71 bits per heavy atom. The van der Waals surface area contributed by atoms with Crippen molar-refractivity contribution in [3.63, 3.8) is 0 Å². The van der Waals surface area contributed by atoms with Gasteiger partial charge in [0.25, 0.3) is 0 Å². The van der Waals surface area contributed by atoms with Crippen LogP contribution in [-0.2, 0) is 22.6 Å². The fourth-order valence-corrected chi connectivity index (χ4v) is 3.24. The number of hydrogen-bond acceptors (Lipinski definition) is 5. The topological polar surface area (TPSA) is 115 Å². The van der Waals surface area contributed by atoms with Gasteiger partial charge in [0, 0.05) is 6.54 Å². The molecular weight excluding hydrogens is 439 g/mol. The van der Waals surface area contributed by atoms with Crippen molar-refractivity contribution in [3.05, 3.63) is 59.4 Å². The van der Waals surface area contributed by atoms with Crippen molar-refractivity contribution >= 4 is 17.8 Å². The van der Waals surface area contributed by atoms with E-state index in [0.29, 0.717) is 23.5 Å². The monoisotopic (exact) mass is 472 g/mol. The Hall–Kier alpha value is -3.62. The number of hydrogen-bond donors (Lipinski definition) is 3. The fraction of sp³-hybridized carbons (Fsp3) is 0.400. The largest absolute Gasteiger partial charge is 0.493 e. The third-order valence-electron chi connectivity index (χ3n) is 5.38. The molecule has 0 saturated heterocycles. The number of amides is 2. The first-order valence-electron chi connectivity index (χ1n) is 11.1. The van der Waals surface area contributed by atoms with Gasteiger partial charge in [0.15, 0.2) is 17.5 Å². The van der Waals surface area contributed by atoms with Crippen molar-refractivity contribution in [2.75, 3.05) is 14.2 Å². The lowest BCUT2D eigenvalue weighted by Gasteiger charge is -2.17. The minimum absolute atomic E-state index is 0.0450. The molecule has 0 heterocycles. The van der Waals surface area contributed by atoms with Crippen molar-refractivity contribution < 1.29 is 23.5 Å². The zero-order chi connectivity index (χ0) is 25.1. The molecular formula is C25H33FN4O4. The molecule has 0 aromatic heterocycles. The Labute approximate surface area is 199 Å². The number of aliphatic imine (C=N–C) groups is 1. The highest BCUT2D eigenvalue weighted by Gasteiger charge is 2.21. The highest BCUT2D eigenvalue weighted by atomic mass is 19.1. The molecule has 2 rings (SSSR count). The second kappa shape index (κ2) is 13.2. The van der Waals surface area contributed by atoms with Gasteiger partial charge in [-0.15, -0.1) is 0 Å². The number of methoxy groups -OCH3 is 2. The lowest BCUT2D eigenvalue weighted by atomic mass is 9.99. The Bertz CT molecular complexity index is 995. The van der Waals surface area contributed by atoms with Gasteiger partial charge in [-0.1, -0.05) is 38.5 Å². The molecule has 2 unspecified atom stereocenters. The lowest BCUT2D eigenvalue weighted by molar-refractivity contribution is -0.123. The summed E-state index contributed by atoms with van der Waals surface area (Å²) in [5, 5.41) is 5.35. The van der Waals surface area contributed by atoms with Gasteiger partial charge in [-0.3, -0.25) is 14.9 Å². The predicted octanol–water partition coefficient (Wildman–Crippen LogP) is 2.94. The highest BCUT2D eigenvalue weighted by Crippen LogP contribution is 2.27. The van der Waals surface area contributed by atoms with Crippen LogP contribution >= 0.6 is 0 Å². The zero-order valence-corrected chi connectivity index (χ0v) is 20.1. The van der Waals surface area contributed by atoms with E-state index in [2.05, 4.69) is 15.6 Å². The molecule has 0 fully saturated rings. The van der Waals surface area contributed by atoms with Gasteiger partial charge in [-0.25, -0.2) is 9.38 Å². The summed E-state index contributed by atoms with van der Waals surface area (Å²) in [6.45, 7) is 4.27. The van der Waals surface area contributed by atoms with Crippen molar-refractivity contribution in [1.29, 1.82) is 0 Å². The van der Waals surface area contributed by atoms with Gasteiger partial charge in [0.05, 0.1) is 20.6 Å². The Kier molecular flexibility index (Phi) is 10.3. The molecule has 184 valence electrons. The second-order valence-corrected chi connectivity index (χ2v) is 8.04. The Balaban J connectivity index is 2.03. The van der Waals surface area contributed by atoms with E-state index in [9.17, 15) is 14.0 Å². The van der Waals surface area contributed by atoms with E-state index in [0.717, 1.165) is 12.0 Å². The molecule has 8 nitrogen and oxygen atoms in total. The van der Waals surface area contributed by atoms with E-state index < -0.39 is 6.04 Å². The summed E-state index contributed by atoms with van der Waals surface area (Å²) in [7, 11) is 3.05. The van der Waals surface area contributed by atoms with Crippen LogP contribution < -0.4 is 25.8 Å². The third kappa shape index (κ3) is 8.38. The number of guanidine groups is 1. The van der Waals surface area contributed by atoms with Crippen molar-refractivity contribution in [1.82, 2.24) is 10.6 Å². The summed E-state index contributed by atoms with van der Waals surface area (Å²) in [5.74, 6) is 0.138. The minimum Gasteiger partial charge on any atom is -0.493 e. The van der Waals surface area contributed by atoms with Crippen LogP contribution in [0.3, 0.4) is 0 Å². The van der Waals surface area contributed by atoms with Crippen LogP contribution in [0.1, 0.15) is 37.8 Å². The summed E-state index contributed by atoms with van der Waals surface area (Å²) in [4.78, 5) is 29.5. The first-order valence-corrected chi connectivity index (χ1v) is 11.1. The van der Waals surface area contributed by atoms with Crippen molar-refractivity contribution in [3.8, 4) is 11.5 Å². The van der Waals surface area contributed by atoms with Crippen LogP contribution in [0, 0.1) is 11.7 Å². The van der Waals surface area contributed by atoms with E-state index in [1.807, 2.05) is 13.8 Å². The maximum absolute atomic E-state index is 13.1. The fourth-order valence-electron chi connectivity index (χ4n) is 3.24. The molecule has 9 heteroatoms. The molecule has 0 aliphatic heterocycles. The predicted molar refractivity (Wildman–Crippen MR) is 129 cm³/mol. The first kappa shape index (κ1) is 26.6. The second-order valence-electron chi connectivity index (χ2n) is 8.04. The van der Waals surface area contributed by atoms with E-state index in [1.54, 1.807) is 30.3 Å². The number of ether oxygens (including phenoxy) is 2. The normalized spacial score (nSPS) is 13.0. The molecule has 2 aromatic carbocycles. The molecule has 4 N–H and O–H groups in total. The number of nitrogens with one attached hydrogen (secondary N) is 2. The molecule has 0 radical (unpaired) electrons. The lowest BCUT2D eigenvalue weighted by Crippen LogP contribution is -2.41. The molecule has 0 bridgehead atoms. The summed E-state index contributed by atoms with van der Waals surface area (Å²) in [6.07, 6.45) is 1.38. The van der Waals surface area contributed by atoms with E-state index in [-0.39, 0.29) is 42.5 Å². The van der Waals surface area contributed by atoms with Gasteiger partial charge in [0.1, 0.15) is 11.9 Å². The molecule has 2 amide bonds. The summed E-state index contributed by atoms with van der Waals surface area (Å²) >= 11 is 0. The van der Waals surface area contributed by atoms with E-state index >= 15 is 0 Å². The molecule has 0 saturated carbocycles. The molecule has 34 heavy (non-hydrogen) atoms. The van der Waals surface area contributed by atoms with Crippen LogP contribution in [-0.4, -0.2) is 38.0 Å². The molecule has 2 aromatic rings. The van der Waals surface area contributed by atoms with Crippen LogP contribution in [0.25, 0.3) is 0 Å². The summed E-state index contributed by atoms with van der Waals surface area (Å²) in [5.41, 5.74) is 7.43. The standard InChI is InChI=1S/C25H33FN4O4/c1-5-16(2)12-20(24(32)28-15-17-6-9-19(26)10-7-17)29-25(27)30-23(31)14-18-8-11-21(33-3)22(13-18)34-4/h6-11,13,16,20H,5,12,14-15H2,1-4H3,(H,28,32)(H3,27,29,30,31). The van der Waals surface area contributed by atoms with Crippen LogP contribution in [0.4, 0.5) is 4.39 Å². The maximum Gasteiger partial charge on any atom is 0.245 e. The van der Waals surface area contributed by atoms with Gasteiger partial charge in [-0.05, 0) is 47.7 Å². The summed E-state index contributed by atoms with van der Waals surface area (Å²) < 4.78 is 23.5. The number of rotatable bonds is 11. The Morgan fingerprint density at radius 3 is 2.32 bits per heavy atom. The zero-order valence-electron chi connectivity index (χ0n) is 20.1. The molecule has 2 atom stereocenters. The number of nitrogens with two attached hydrogens (primary N) is 1. The maximum atomic E-state index is 13.1. The van der Waals surface area contributed by atoms with E-state index in [1.165, 1.54) is 26.4 Å². The van der Waals surface area contributed by atoms with Crippen molar-refractivity contribution in [2.24, 2.45) is 16.6 Å². The Morgan fingerprint density at radius 1 is 1.06 bits per heavy atom. The van der Waals surface area contributed by atoms with Crippen molar-refractivity contribution in [2.45, 2.75) is 45.7 Å². The number of halogens is 1. The number of carbonyl (C=O) groups is 2. The molecule has 0 spiro atoms. The SMILES string of the molecule is CCC(C)CC(N=C(N)NC(=O)Cc1ccc(OC)c(OC)c1)C(=O)NCc1ccc(F)cc1. The average Bonchev–Trinajstić information content (AvgIpc) is 2.82. The van der Waals surface area contributed by atoms with Crippen LogP contribution in [0.2, 0.25) is 0 Å². The first-order chi connectivity index (χ1) is 16.2. The minimum atomic E-state index is -0.767. The van der Waals surface area contributed by atoms with Crippen LogP contribution in [0.5, 0.6) is 11.5 Å². The quantitative estimate of drug-likeness (QED) is 0.344.